The summed E-state index contributed by atoms with van der Waals surface area (Å²) in [6.07, 6.45) is 0. The van der Waals surface area contributed by atoms with E-state index in [2.05, 4.69) is 0 Å². The Hall–Kier alpha value is -2.30. The Bertz CT molecular complexity index is 616. The van der Waals surface area contributed by atoms with E-state index in [-0.39, 0.29) is 12.5 Å². The number of fused-ring (bicyclic) bond motifs is 1. The number of carbonyl (C=O) groups excluding carboxylic acids is 1. The first-order chi connectivity index (χ1) is 8.50. The van der Waals surface area contributed by atoms with Gasteiger partial charge in [-0.15, -0.1) is 0 Å². The fourth-order valence-corrected chi connectivity index (χ4v) is 1.96. The summed E-state index contributed by atoms with van der Waals surface area (Å²) in [5.41, 5.74) is 1.43. The number of aliphatic carboxylic acids is 1. The highest BCUT2D eigenvalue weighted by atomic mass is 16.4. The molecule has 0 saturated carbocycles. The molecule has 0 bridgehead atoms. The number of hydrogen-bond donors (Lipinski definition) is 1. The van der Waals surface area contributed by atoms with Crippen LogP contribution in [0.3, 0.4) is 0 Å². The van der Waals surface area contributed by atoms with Crippen LogP contribution in [0, 0.1) is 0 Å². The molecule has 1 heterocycles. The molecule has 1 aromatic carbocycles. The van der Waals surface area contributed by atoms with Crippen molar-refractivity contribution in [3.63, 3.8) is 0 Å². The molecular weight excluding hydrogens is 232 g/mol. The van der Waals surface area contributed by atoms with Crippen molar-refractivity contribution in [2.75, 3.05) is 13.6 Å². The molecule has 0 aliphatic heterocycles. The van der Waals surface area contributed by atoms with Crippen LogP contribution in [-0.4, -0.2) is 40.0 Å². The van der Waals surface area contributed by atoms with E-state index in [1.165, 1.54) is 11.9 Å². The minimum absolute atomic E-state index is 0.295. The topological polar surface area (TPSA) is 62.5 Å². The van der Waals surface area contributed by atoms with Crippen molar-refractivity contribution in [1.82, 2.24) is 9.47 Å². The number of para-hydroxylation sites is 1. The summed E-state index contributed by atoms with van der Waals surface area (Å²) < 4.78 is 1.77. The zero-order valence-electron chi connectivity index (χ0n) is 10.3. The Morgan fingerprint density at radius 1 is 1.33 bits per heavy atom. The van der Waals surface area contributed by atoms with Gasteiger partial charge in [-0.3, -0.25) is 9.59 Å². The normalized spacial score (nSPS) is 10.6. The minimum Gasteiger partial charge on any atom is -0.480 e. The molecule has 0 atom stereocenters. The number of rotatable bonds is 3. The fraction of sp³-hybridized carbons (Fsp3) is 0.231. The molecule has 2 rings (SSSR count). The number of aromatic nitrogens is 1. The summed E-state index contributed by atoms with van der Waals surface area (Å²) in [4.78, 5) is 23.9. The molecule has 5 nitrogen and oxygen atoms in total. The van der Waals surface area contributed by atoms with Gasteiger partial charge in [-0.05, 0) is 12.1 Å². The van der Waals surface area contributed by atoms with E-state index in [0.29, 0.717) is 5.69 Å². The lowest BCUT2D eigenvalue weighted by Crippen LogP contribution is -2.33. The summed E-state index contributed by atoms with van der Waals surface area (Å²) >= 11 is 0. The van der Waals surface area contributed by atoms with Crippen LogP contribution in [0.15, 0.2) is 30.3 Å². The van der Waals surface area contributed by atoms with Crippen molar-refractivity contribution >= 4 is 22.8 Å². The molecule has 0 saturated heterocycles. The zero-order chi connectivity index (χ0) is 13.3. The lowest BCUT2D eigenvalue weighted by atomic mass is 10.2. The SMILES string of the molecule is CN(CC(=O)O)C(=O)c1cc2ccccc2n1C. The highest BCUT2D eigenvalue weighted by Gasteiger charge is 2.18. The smallest absolute Gasteiger partial charge is 0.323 e. The van der Waals surface area contributed by atoms with Gasteiger partial charge in [-0.1, -0.05) is 18.2 Å². The summed E-state index contributed by atoms with van der Waals surface area (Å²) in [6.45, 7) is -0.305. The number of carbonyl (C=O) groups is 2. The van der Waals surface area contributed by atoms with Gasteiger partial charge in [0.1, 0.15) is 12.2 Å². The number of aryl methyl sites for hydroxylation is 1. The van der Waals surface area contributed by atoms with Crippen molar-refractivity contribution in [3.05, 3.63) is 36.0 Å². The monoisotopic (exact) mass is 246 g/mol. The third-order valence-electron chi connectivity index (χ3n) is 2.89. The van der Waals surface area contributed by atoms with Crippen LogP contribution in [0.5, 0.6) is 0 Å². The van der Waals surface area contributed by atoms with Gasteiger partial charge in [-0.25, -0.2) is 0 Å². The number of benzene rings is 1. The number of carboxylic acid groups (broad SMARTS) is 1. The standard InChI is InChI=1S/C13H14N2O3/c1-14(8-12(16)17)13(18)11-7-9-5-3-4-6-10(9)15(11)2/h3-7H,8H2,1-2H3,(H,16,17). The molecule has 0 aliphatic carbocycles. The second-order valence-corrected chi connectivity index (χ2v) is 4.20. The van der Waals surface area contributed by atoms with Crippen LogP contribution in [0.4, 0.5) is 0 Å². The van der Waals surface area contributed by atoms with E-state index in [4.69, 9.17) is 5.11 Å². The molecular formula is C13H14N2O3. The Morgan fingerprint density at radius 3 is 2.61 bits per heavy atom. The van der Waals surface area contributed by atoms with E-state index < -0.39 is 5.97 Å². The molecule has 1 amide bonds. The van der Waals surface area contributed by atoms with Gasteiger partial charge in [0, 0.05) is 25.0 Å². The molecule has 0 unspecified atom stereocenters. The molecule has 0 aliphatic rings. The average molecular weight is 246 g/mol. The van der Waals surface area contributed by atoms with Crippen LogP contribution in [0.2, 0.25) is 0 Å². The Kier molecular flexibility index (Phi) is 3.06. The Balaban J connectivity index is 2.39. The second-order valence-electron chi connectivity index (χ2n) is 4.20. The number of nitrogens with zero attached hydrogens (tertiary/aromatic N) is 2. The quantitative estimate of drug-likeness (QED) is 0.888. The zero-order valence-corrected chi connectivity index (χ0v) is 10.3. The molecule has 5 heteroatoms. The minimum atomic E-state index is -1.02. The largest absolute Gasteiger partial charge is 0.480 e. The van der Waals surface area contributed by atoms with E-state index in [1.807, 2.05) is 24.3 Å². The van der Waals surface area contributed by atoms with Crippen LogP contribution in [-0.2, 0) is 11.8 Å². The predicted molar refractivity (Wildman–Crippen MR) is 67.5 cm³/mol. The van der Waals surface area contributed by atoms with Crippen molar-refractivity contribution in [2.45, 2.75) is 0 Å². The van der Waals surface area contributed by atoms with E-state index >= 15 is 0 Å². The van der Waals surface area contributed by atoms with Crippen LogP contribution in [0.1, 0.15) is 10.5 Å². The molecule has 18 heavy (non-hydrogen) atoms. The van der Waals surface area contributed by atoms with Gasteiger partial charge in [0.25, 0.3) is 5.91 Å². The first kappa shape index (κ1) is 12.2. The van der Waals surface area contributed by atoms with Crippen molar-refractivity contribution in [3.8, 4) is 0 Å². The lowest BCUT2D eigenvalue weighted by Gasteiger charge is -2.14. The third-order valence-corrected chi connectivity index (χ3v) is 2.89. The molecule has 0 fully saturated rings. The fourth-order valence-electron chi connectivity index (χ4n) is 1.96. The highest BCUT2D eigenvalue weighted by Crippen LogP contribution is 2.19. The number of amides is 1. The molecule has 0 spiro atoms. The maximum atomic E-state index is 12.1. The van der Waals surface area contributed by atoms with Crippen molar-refractivity contribution in [1.29, 1.82) is 0 Å². The number of hydrogen-bond acceptors (Lipinski definition) is 2. The highest BCUT2D eigenvalue weighted by molar-refractivity contribution is 5.99. The molecule has 0 radical (unpaired) electrons. The first-order valence-corrected chi connectivity index (χ1v) is 5.52. The predicted octanol–water partition coefficient (Wildman–Crippen LogP) is 1.33. The lowest BCUT2D eigenvalue weighted by molar-refractivity contribution is -0.137. The summed E-state index contributed by atoms with van der Waals surface area (Å²) in [5, 5.41) is 9.65. The van der Waals surface area contributed by atoms with Gasteiger partial charge < -0.3 is 14.6 Å². The van der Waals surface area contributed by atoms with Gasteiger partial charge in [0.15, 0.2) is 0 Å². The average Bonchev–Trinajstić information content (AvgIpc) is 2.66. The molecule has 1 N–H and O–H groups in total. The molecule has 2 aromatic rings. The first-order valence-electron chi connectivity index (χ1n) is 5.52. The maximum absolute atomic E-state index is 12.1. The Labute approximate surface area is 104 Å². The van der Waals surface area contributed by atoms with Crippen molar-refractivity contribution < 1.29 is 14.7 Å². The third kappa shape index (κ3) is 2.07. The second kappa shape index (κ2) is 4.52. The van der Waals surface area contributed by atoms with Gasteiger partial charge in [-0.2, -0.15) is 0 Å². The van der Waals surface area contributed by atoms with Gasteiger partial charge >= 0.3 is 5.97 Å². The summed E-state index contributed by atoms with van der Waals surface area (Å²) in [6, 6.07) is 9.41. The summed E-state index contributed by atoms with van der Waals surface area (Å²) in [5.74, 6) is -1.32. The summed E-state index contributed by atoms with van der Waals surface area (Å²) in [7, 11) is 3.28. The van der Waals surface area contributed by atoms with E-state index in [1.54, 1.807) is 17.7 Å². The van der Waals surface area contributed by atoms with Crippen molar-refractivity contribution in [2.24, 2.45) is 7.05 Å². The van der Waals surface area contributed by atoms with Crippen LogP contribution in [0.25, 0.3) is 10.9 Å². The van der Waals surface area contributed by atoms with E-state index in [9.17, 15) is 9.59 Å². The molecule has 94 valence electrons. The van der Waals surface area contributed by atoms with Gasteiger partial charge in [0.05, 0.1) is 0 Å². The van der Waals surface area contributed by atoms with Crippen LogP contribution < -0.4 is 0 Å². The van der Waals surface area contributed by atoms with E-state index in [0.717, 1.165) is 10.9 Å². The molecule has 1 aromatic heterocycles. The van der Waals surface area contributed by atoms with Gasteiger partial charge in [0.2, 0.25) is 0 Å². The maximum Gasteiger partial charge on any atom is 0.323 e. The number of carboxylic acids is 1. The van der Waals surface area contributed by atoms with Crippen LogP contribution >= 0.6 is 0 Å². The Morgan fingerprint density at radius 2 is 2.00 bits per heavy atom. The number of likely N-dealkylation sites (N-methyl/N-ethyl adjacent to an activating group) is 1.